The van der Waals surface area contributed by atoms with Crippen LogP contribution >= 0.6 is 11.3 Å². The van der Waals surface area contributed by atoms with Crippen molar-refractivity contribution in [2.45, 2.75) is 82.8 Å². The fourth-order valence-corrected chi connectivity index (χ4v) is 6.47. The van der Waals surface area contributed by atoms with Gasteiger partial charge in [0.25, 0.3) is 5.91 Å². The quantitative estimate of drug-likeness (QED) is 0.489. The molecule has 0 radical (unpaired) electrons. The molecule has 34 heavy (non-hydrogen) atoms. The molecule has 1 saturated carbocycles. The minimum Gasteiger partial charge on any atom is -0.351 e. The van der Waals surface area contributed by atoms with Gasteiger partial charge in [0.1, 0.15) is 11.2 Å². The van der Waals surface area contributed by atoms with E-state index in [9.17, 15) is 9.59 Å². The van der Waals surface area contributed by atoms with E-state index in [0.29, 0.717) is 18.8 Å². The molecule has 0 bridgehead atoms. The van der Waals surface area contributed by atoms with Crippen molar-refractivity contribution in [2.75, 3.05) is 6.54 Å². The van der Waals surface area contributed by atoms with Crippen LogP contribution in [0.4, 0.5) is 0 Å². The third-order valence-electron chi connectivity index (χ3n) is 7.67. The van der Waals surface area contributed by atoms with Crippen molar-refractivity contribution in [3.63, 3.8) is 0 Å². The van der Waals surface area contributed by atoms with Crippen LogP contribution in [-0.2, 0) is 17.8 Å². The van der Waals surface area contributed by atoms with Crippen LogP contribution in [0.3, 0.4) is 0 Å². The van der Waals surface area contributed by atoms with Crippen molar-refractivity contribution in [3.05, 3.63) is 59.1 Å². The maximum Gasteiger partial charge on any atom is 0.271 e. The fourth-order valence-electron chi connectivity index (χ4n) is 5.65. The number of nitrogens with one attached hydrogen (secondary N) is 1. The number of thiophene rings is 1. The van der Waals surface area contributed by atoms with Gasteiger partial charge in [-0.3, -0.25) is 9.59 Å². The largest absolute Gasteiger partial charge is 0.351 e. The number of aromatic nitrogens is 1. The number of hydrogen-bond donors (Lipinski definition) is 1. The number of rotatable bonds is 6. The van der Waals surface area contributed by atoms with Crippen LogP contribution in [0.1, 0.15) is 74.3 Å². The molecular weight excluding hydrogens is 442 g/mol. The standard InChI is InChI=1S/C28H35N3O2S/c1-28(27(33)29-22-14-8-3-2-4-9-15-22)20-30-23-16-18-34-25(23)19-24(30)26(32)31(28)17-10-13-21-11-6-5-7-12-21/h5-7,11-12,16,18-19,22H,2-4,8-10,13-15,17,20H2,1H3,(H,29,33)/t28-/m1/s1. The molecule has 0 spiro atoms. The molecule has 180 valence electrons. The summed E-state index contributed by atoms with van der Waals surface area (Å²) in [6, 6.07) is 14.6. The number of benzene rings is 1. The lowest BCUT2D eigenvalue weighted by Gasteiger charge is -2.44. The highest BCUT2D eigenvalue weighted by Gasteiger charge is 2.47. The fraction of sp³-hybridized carbons (Fsp3) is 0.500. The topological polar surface area (TPSA) is 54.3 Å². The van der Waals surface area contributed by atoms with Gasteiger partial charge < -0.3 is 14.8 Å². The van der Waals surface area contributed by atoms with Gasteiger partial charge in [0.05, 0.1) is 16.8 Å². The molecule has 5 rings (SSSR count). The Balaban J connectivity index is 1.40. The Morgan fingerprint density at radius 2 is 1.82 bits per heavy atom. The lowest BCUT2D eigenvalue weighted by Crippen LogP contribution is -2.65. The molecule has 2 aromatic heterocycles. The van der Waals surface area contributed by atoms with E-state index in [1.165, 1.54) is 37.7 Å². The molecule has 1 atom stereocenters. The predicted molar refractivity (Wildman–Crippen MR) is 138 cm³/mol. The summed E-state index contributed by atoms with van der Waals surface area (Å²) in [5.41, 5.74) is 2.12. The van der Waals surface area contributed by atoms with E-state index in [1.807, 2.05) is 36.1 Å². The van der Waals surface area contributed by atoms with Crippen molar-refractivity contribution in [1.82, 2.24) is 14.8 Å². The minimum atomic E-state index is -0.906. The third-order valence-corrected chi connectivity index (χ3v) is 8.52. The molecular formula is C28H35N3O2S. The van der Waals surface area contributed by atoms with Crippen LogP contribution in [0, 0.1) is 0 Å². The number of carbonyl (C=O) groups is 2. The Hall–Kier alpha value is -2.60. The Bertz CT molecular complexity index is 1140. The van der Waals surface area contributed by atoms with Crippen LogP contribution in [0.25, 0.3) is 10.2 Å². The number of amides is 2. The van der Waals surface area contributed by atoms with E-state index in [2.05, 4.69) is 33.5 Å². The van der Waals surface area contributed by atoms with Crippen LogP contribution in [0.15, 0.2) is 47.8 Å². The molecule has 3 aromatic rings. The molecule has 2 aliphatic rings. The highest BCUT2D eigenvalue weighted by Crippen LogP contribution is 2.35. The van der Waals surface area contributed by atoms with Gasteiger partial charge in [-0.25, -0.2) is 0 Å². The van der Waals surface area contributed by atoms with Crippen LogP contribution in [0.5, 0.6) is 0 Å². The van der Waals surface area contributed by atoms with Gasteiger partial charge in [-0.05, 0) is 55.7 Å². The van der Waals surface area contributed by atoms with Crippen LogP contribution < -0.4 is 5.32 Å². The van der Waals surface area contributed by atoms with E-state index in [4.69, 9.17) is 0 Å². The Morgan fingerprint density at radius 3 is 2.59 bits per heavy atom. The maximum absolute atomic E-state index is 13.9. The Morgan fingerprint density at radius 1 is 1.09 bits per heavy atom. The normalized spacial score (nSPS) is 21.8. The van der Waals surface area contributed by atoms with Gasteiger partial charge in [-0.2, -0.15) is 0 Å². The lowest BCUT2D eigenvalue weighted by molar-refractivity contribution is -0.133. The second kappa shape index (κ2) is 9.95. The number of hydrogen-bond acceptors (Lipinski definition) is 3. The second-order valence-electron chi connectivity index (χ2n) is 10.1. The summed E-state index contributed by atoms with van der Waals surface area (Å²) in [5.74, 6) is -0.0353. The number of nitrogens with zero attached hydrogens (tertiary/aromatic N) is 2. The average molecular weight is 478 g/mol. The zero-order chi connectivity index (χ0) is 23.5. The number of carbonyl (C=O) groups excluding carboxylic acids is 2. The SMILES string of the molecule is C[C@]1(C(=O)NC2CCCCCCC2)Cn2c(cc3sccc32)C(=O)N1CCCc1ccccc1. The molecule has 1 aliphatic heterocycles. The highest BCUT2D eigenvalue weighted by atomic mass is 32.1. The summed E-state index contributed by atoms with van der Waals surface area (Å²) in [6.07, 6.45) is 9.92. The van der Waals surface area contributed by atoms with E-state index in [1.54, 1.807) is 11.3 Å². The predicted octanol–water partition coefficient (Wildman–Crippen LogP) is 5.78. The van der Waals surface area contributed by atoms with Crippen LogP contribution in [0.2, 0.25) is 0 Å². The summed E-state index contributed by atoms with van der Waals surface area (Å²) in [7, 11) is 0. The number of aryl methyl sites for hydroxylation is 1. The molecule has 2 amide bonds. The van der Waals surface area contributed by atoms with Gasteiger partial charge in [0, 0.05) is 12.6 Å². The molecule has 1 aromatic carbocycles. The molecule has 3 heterocycles. The zero-order valence-corrected chi connectivity index (χ0v) is 20.9. The maximum atomic E-state index is 13.9. The molecule has 1 fully saturated rings. The van der Waals surface area contributed by atoms with Gasteiger partial charge in [-0.1, -0.05) is 62.4 Å². The molecule has 6 heteroatoms. The Kier molecular flexibility index (Phi) is 6.77. The van der Waals surface area contributed by atoms with Crippen LogP contribution in [-0.4, -0.2) is 39.4 Å². The summed E-state index contributed by atoms with van der Waals surface area (Å²) < 4.78 is 3.18. The molecule has 1 aliphatic carbocycles. The highest BCUT2D eigenvalue weighted by molar-refractivity contribution is 7.17. The van der Waals surface area contributed by atoms with Crippen molar-refractivity contribution >= 4 is 33.4 Å². The Labute approximate surface area is 206 Å². The van der Waals surface area contributed by atoms with Gasteiger partial charge in [0.15, 0.2) is 0 Å². The van der Waals surface area contributed by atoms with E-state index < -0.39 is 5.54 Å². The molecule has 1 N–H and O–H groups in total. The molecule has 0 saturated heterocycles. The van der Waals surface area contributed by atoms with Crippen molar-refractivity contribution < 1.29 is 9.59 Å². The average Bonchev–Trinajstić information content (AvgIpc) is 3.41. The van der Waals surface area contributed by atoms with E-state index >= 15 is 0 Å². The minimum absolute atomic E-state index is 0.00568. The molecule has 5 nitrogen and oxygen atoms in total. The summed E-state index contributed by atoms with van der Waals surface area (Å²) >= 11 is 1.65. The first-order valence-electron chi connectivity index (χ1n) is 12.8. The first-order chi connectivity index (χ1) is 16.6. The monoisotopic (exact) mass is 477 g/mol. The molecule has 0 unspecified atom stereocenters. The lowest BCUT2D eigenvalue weighted by atomic mass is 9.91. The van der Waals surface area contributed by atoms with Gasteiger partial charge >= 0.3 is 0 Å². The smallest absolute Gasteiger partial charge is 0.271 e. The first kappa shape index (κ1) is 23.2. The summed E-state index contributed by atoms with van der Waals surface area (Å²) in [5, 5.41) is 5.43. The van der Waals surface area contributed by atoms with E-state index in [-0.39, 0.29) is 17.9 Å². The zero-order valence-electron chi connectivity index (χ0n) is 20.1. The van der Waals surface area contributed by atoms with Gasteiger partial charge in [-0.15, -0.1) is 11.3 Å². The van der Waals surface area contributed by atoms with Crippen molar-refractivity contribution in [2.24, 2.45) is 0 Å². The third kappa shape index (κ3) is 4.52. The first-order valence-corrected chi connectivity index (χ1v) is 13.7. The number of fused-ring (bicyclic) bond motifs is 3. The van der Waals surface area contributed by atoms with Crippen molar-refractivity contribution in [3.8, 4) is 0 Å². The summed E-state index contributed by atoms with van der Waals surface area (Å²) in [6.45, 7) is 3.03. The second-order valence-corrected chi connectivity index (χ2v) is 11.1. The van der Waals surface area contributed by atoms with Crippen molar-refractivity contribution in [1.29, 1.82) is 0 Å². The van der Waals surface area contributed by atoms with E-state index in [0.717, 1.165) is 35.9 Å². The van der Waals surface area contributed by atoms with Gasteiger partial charge in [0.2, 0.25) is 5.91 Å². The summed E-state index contributed by atoms with van der Waals surface area (Å²) in [4.78, 5) is 29.5.